The molecule has 0 saturated heterocycles. The van der Waals surface area contributed by atoms with Gasteiger partial charge in [0.2, 0.25) is 0 Å². The fourth-order valence-corrected chi connectivity index (χ4v) is 3.53. The topological polar surface area (TPSA) is 66.1 Å². The number of thiazole rings is 1. The van der Waals surface area contributed by atoms with Gasteiger partial charge < -0.3 is 4.74 Å². The first kappa shape index (κ1) is 17.4. The molecule has 0 bridgehead atoms. The van der Waals surface area contributed by atoms with Crippen LogP contribution < -0.4 is 5.69 Å². The highest BCUT2D eigenvalue weighted by atomic mass is 32.1. The zero-order valence-electron chi connectivity index (χ0n) is 14.4. The molecular weight excluding hydrogens is 338 g/mol. The molecule has 7 heteroatoms. The summed E-state index contributed by atoms with van der Waals surface area (Å²) >= 11 is 1.57. The number of carbonyl (C=O) groups excluding carboxylic acids is 1. The number of fused-ring (bicyclic) bond motifs is 1. The zero-order valence-corrected chi connectivity index (χ0v) is 15.2. The van der Waals surface area contributed by atoms with Crippen molar-refractivity contribution in [3.05, 3.63) is 50.8 Å². The maximum Gasteiger partial charge on any atom is 0.329 e. The van der Waals surface area contributed by atoms with Crippen LogP contribution in [0.25, 0.3) is 11.0 Å². The molecule has 0 aliphatic rings. The molecule has 1 aromatic carbocycles. The number of para-hydroxylation sites is 2. The fraction of sp³-hybridized carbons (Fsp3) is 0.389. The van der Waals surface area contributed by atoms with Crippen LogP contribution in [0.2, 0.25) is 0 Å². The Morgan fingerprint density at radius 3 is 2.56 bits per heavy atom. The lowest BCUT2D eigenvalue weighted by Crippen LogP contribution is -2.25. The monoisotopic (exact) mass is 359 g/mol. The average molecular weight is 359 g/mol. The molecule has 0 saturated carbocycles. The van der Waals surface area contributed by atoms with Gasteiger partial charge in [0, 0.05) is 18.5 Å². The minimum absolute atomic E-state index is 0.0939. The number of nitrogens with zero attached hydrogens (tertiary/aromatic N) is 3. The van der Waals surface area contributed by atoms with Gasteiger partial charge in [-0.25, -0.2) is 9.78 Å². The number of imidazole rings is 1. The number of benzene rings is 1. The van der Waals surface area contributed by atoms with Gasteiger partial charge in [-0.1, -0.05) is 19.1 Å². The van der Waals surface area contributed by atoms with E-state index in [0.29, 0.717) is 13.1 Å². The summed E-state index contributed by atoms with van der Waals surface area (Å²) in [6.45, 7) is 5.06. The van der Waals surface area contributed by atoms with E-state index in [0.717, 1.165) is 28.2 Å². The van der Waals surface area contributed by atoms with Crippen LogP contribution in [0.1, 0.15) is 31.0 Å². The summed E-state index contributed by atoms with van der Waals surface area (Å²) in [7, 11) is 0. The Balaban J connectivity index is 1.65. The number of aryl methyl sites for hydroxylation is 3. The van der Waals surface area contributed by atoms with E-state index in [-0.39, 0.29) is 24.7 Å². The molecule has 0 aliphatic carbocycles. The van der Waals surface area contributed by atoms with Crippen LogP contribution in [0.15, 0.2) is 34.4 Å². The second-order valence-corrected chi connectivity index (χ2v) is 6.61. The molecule has 2 heterocycles. The molecule has 0 radical (unpaired) electrons. The number of carbonyl (C=O) groups is 1. The Bertz CT molecular complexity index is 939. The van der Waals surface area contributed by atoms with Crippen LogP contribution in [-0.2, 0) is 35.6 Å². The third-order valence-corrected chi connectivity index (χ3v) is 5.11. The van der Waals surface area contributed by atoms with Crippen molar-refractivity contribution in [3.8, 4) is 0 Å². The molecule has 0 atom stereocenters. The molecular formula is C18H21N3O3S. The van der Waals surface area contributed by atoms with Crippen LogP contribution in [0.3, 0.4) is 0 Å². The standard InChI is InChI=1S/C18H21N3O3S/c1-3-16-19-13(12-25-16)11-24-17(22)9-10-21-15-8-6-5-7-14(15)20(4-2)18(21)23/h5-8,12H,3-4,9-11H2,1-2H3. The first-order chi connectivity index (χ1) is 12.1. The lowest BCUT2D eigenvalue weighted by molar-refractivity contribution is -0.145. The molecule has 6 nitrogen and oxygen atoms in total. The first-order valence-electron chi connectivity index (χ1n) is 8.41. The quantitative estimate of drug-likeness (QED) is 0.608. The third-order valence-electron chi connectivity index (χ3n) is 4.06. The van der Waals surface area contributed by atoms with Gasteiger partial charge in [0.15, 0.2) is 0 Å². The summed E-state index contributed by atoms with van der Waals surface area (Å²) in [5.74, 6) is -0.328. The predicted octanol–water partition coefficient (Wildman–Crippen LogP) is 2.98. The van der Waals surface area contributed by atoms with E-state index >= 15 is 0 Å². The van der Waals surface area contributed by atoms with Crippen molar-refractivity contribution in [1.29, 1.82) is 0 Å². The Labute approximate surface area is 149 Å². The van der Waals surface area contributed by atoms with E-state index in [9.17, 15) is 9.59 Å². The summed E-state index contributed by atoms with van der Waals surface area (Å²) in [6.07, 6.45) is 1.03. The van der Waals surface area contributed by atoms with E-state index in [4.69, 9.17) is 4.74 Å². The molecule has 3 rings (SSSR count). The van der Waals surface area contributed by atoms with E-state index in [2.05, 4.69) is 4.98 Å². The molecule has 132 valence electrons. The molecule has 2 aromatic heterocycles. The van der Waals surface area contributed by atoms with Crippen molar-refractivity contribution in [2.75, 3.05) is 0 Å². The highest BCUT2D eigenvalue weighted by Gasteiger charge is 2.13. The van der Waals surface area contributed by atoms with Gasteiger partial charge in [-0.2, -0.15) is 0 Å². The van der Waals surface area contributed by atoms with Crippen LogP contribution in [-0.4, -0.2) is 20.1 Å². The number of esters is 1. The minimum Gasteiger partial charge on any atom is -0.459 e. The van der Waals surface area contributed by atoms with Crippen LogP contribution in [0.4, 0.5) is 0 Å². The lowest BCUT2D eigenvalue weighted by Gasteiger charge is -2.04. The molecule has 0 aliphatic heterocycles. The summed E-state index contributed by atoms with van der Waals surface area (Å²) in [4.78, 5) is 28.9. The first-order valence-corrected chi connectivity index (χ1v) is 9.29. The summed E-state index contributed by atoms with van der Waals surface area (Å²) in [5.41, 5.74) is 2.41. The van der Waals surface area contributed by atoms with Gasteiger partial charge in [0.1, 0.15) is 6.61 Å². The van der Waals surface area contributed by atoms with Crippen molar-refractivity contribution in [2.45, 2.75) is 46.4 Å². The highest BCUT2D eigenvalue weighted by Crippen LogP contribution is 2.14. The summed E-state index contributed by atoms with van der Waals surface area (Å²) in [5, 5.41) is 2.94. The maximum atomic E-state index is 12.5. The molecule has 0 spiro atoms. The summed E-state index contributed by atoms with van der Waals surface area (Å²) in [6, 6.07) is 7.62. The van der Waals surface area contributed by atoms with Crippen molar-refractivity contribution in [2.24, 2.45) is 0 Å². The summed E-state index contributed by atoms with van der Waals surface area (Å²) < 4.78 is 8.62. The minimum atomic E-state index is -0.328. The van der Waals surface area contributed by atoms with Crippen molar-refractivity contribution < 1.29 is 9.53 Å². The van der Waals surface area contributed by atoms with Crippen LogP contribution >= 0.6 is 11.3 Å². The van der Waals surface area contributed by atoms with Gasteiger partial charge in [-0.15, -0.1) is 11.3 Å². The highest BCUT2D eigenvalue weighted by molar-refractivity contribution is 7.09. The fourth-order valence-electron chi connectivity index (χ4n) is 2.80. The second-order valence-electron chi connectivity index (χ2n) is 5.66. The van der Waals surface area contributed by atoms with E-state index in [1.165, 1.54) is 0 Å². The van der Waals surface area contributed by atoms with E-state index < -0.39 is 0 Å². The number of aromatic nitrogens is 3. The molecule has 0 N–H and O–H groups in total. The SMILES string of the molecule is CCc1nc(COC(=O)CCn2c(=O)n(CC)c3ccccc32)cs1. The maximum absolute atomic E-state index is 12.5. The zero-order chi connectivity index (χ0) is 17.8. The van der Waals surface area contributed by atoms with E-state index in [1.807, 2.05) is 43.5 Å². The smallest absolute Gasteiger partial charge is 0.329 e. The van der Waals surface area contributed by atoms with E-state index in [1.54, 1.807) is 20.5 Å². The molecule has 3 aromatic rings. The Morgan fingerprint density at radius 1 is 1.20 bits per heavy atom. The van der Waals surface area contributed by atoms with Gasteiger partial charge in [-0.05, 0) is 25.5 Å². The molecule has 0 fully saturated rings. The van der Waals surface area contributed by atoms with Gasteiger partial charge in [-0.3, -0.25) is 13.9 Å². The largest absolute Gasteiger partial charge is 0.459 e. The lowest BCUT2D eigenvalue weighted by atomic mass is 10.3. The van der Waals surface area contributed by atoms with Crippen LogP contribution in [0, 0.1) is 0 Å². The second kappa shape index (κ2) is 7.65. The molecule has 0 unspecified atom stereocenters. The Morgan fingerprint density at radius 2 is 1.92 bits per heavy atom. The molecule has 0 amide bonds. The normalized spacial score (nSPS) is 11.1. The number of ether oxygens (including phenoxy) is 1. The number of hydrogen-bond acceptors (Lipinski definition) is 5. The van der Waals surface area contributed by atoms with Crippen LogP contribution in [0.5, 0.6) is 0 Å². The number of hydrogen-bond donors (Lipinski definition) is 0. The average Bonchev–Trinajstić information content (AvgIpc) is 3.20. The Kier molecular flexibility index (Phi) is 5.33. The predicted molar refractivity (Wildman–Crippen MR) is 97.8 cm³/mol. The van der Waals surface area contributed by atoms with Gasteiger partial charge in [0.25, 0.3) is 0 Å². The van der Waals surface area contributed by atoms with Crippen molar-refractivity contribution in [1.82, 2.24) is 14.1 Å². The third kappa shape index (κ3) is 3.66. The van der Waals surface area contributed by atoms with Crippen molar-refractivity contribution in [3.63, 3.8) is 0 Å². The number of rotatable bonds is 7. The molecule has 25 heavy (non-hydrogen) atoms. The Hall–Kier alpha value is -2.41. The van der Waals surface area contributed by atoms with Crippen molar-refractivity contribution >= 4 is 28.3 Å². The van der Waals surface area contributed by atoms with Gasteiger partial charge in [0.05, 0.1) is 28.2 Å². The van der Waals surface area contributed by atoms with Gasteiger partial charge >= 0.3 is 11.7 Å².